The van der Waals surface area contributed by atoms with E-state index in [0.29, 0.717) is 10.9 Å². The molecule has 32 heavy (non-hydrogen) atoms. The van der Waals surface area contributed by atoms with Crippen LogP contribution in [0, 0.1) is 11.8 Å². The van der Waals surface area contributed by atoms with E-state index in [9.17, 15) is 31.5 Å². The van der Waals surface area contributed by atoms with Crippen LogP contribution >= 0.6 is 0 Å². The third-order valence-corrected chi connectivity index (χ3v) is 6.87. The summed E-state index contributed by atoms with van der Waals surface area (Å²) < 4.78 is 66.1. The van der Waals surface area contributed by atoms with Gasteiger partial charge in [0.2, 0.25) is 5.91 Å². The SMILES string of the molecule is CC(C)C1C(=O)N(C(C)(C)O)C(C)C1c1ccc(OS(=O)(=O)C(F)(F)F)c2ccccc12. The standard InChI is InChI=1S/C22H26F3NO5S/c1-12(2)18-19(13(3)26(20(18)27)21(4,5)28)16-10-11-17(15-9-7-6-8-14(15)16)31-32(29,30)22(23,24)25/h6-13,18-19,28H,1-5H3. The number of aliphatic hydroxyl groups is 1. The average molecular weight is 474 g/mol. The Kier molecular flexibility index (Phi) is 6.01. The topological polar surface area (TPSA) is 83.9 Å². The first-order valence-corrected chi connectivity index (χ1v) is 11.6. The summed E-state index contributed by atoms with van der Waals surface area (Å²) in [5, 5.41) is 11.3. The van der Waals surface area contributed by atoms with Crippen LogP contribution in [0.3, 0.4) is 0 Å². The van der Waals surface area contributed by atoms with E-state index in [0.717, 1.165) is 0 Å². The van der Waals surface area contributed by atoms with Gasteiger partial charge in [0.1, 0.15) is 5.72 Å². The lowest BCUT2D eigenvalue weighted by Gasteiger charge is -2.35. The molecule has 1 aliphatic rings. The first kappa shape index (κ1) is 24.3. The minimum Gasteiger partial charge on any atom is -0.375 e. The molecule has 2 aromatic rings. The highest BCUT2D eigenvalue weighted by Crippen LogP contribution is 2.48. The van der Waals surface area contributed by atoms with Crippen LogP contribution in [0.15, 0.2) is 36.4 Å². The van der Waals surface area contributed by atoms with E-state index in [4.69, 9.17) is 0 Å². The number of benzene rings is 2. The molecule has 3 atom stereocenters. The molecule has 3 rings (SSSR count). The highest BCUT2D eigenvalue weighted by atomic mass is 32.2. The highest BCUT2D eigenvalue weighted by Gasteiger charge is 2.52. The fraction of sp³-hybridized carbons (Fsp3) is 0.500. The van der Waals surface area contributed by atoms with E-state index in [1.54, 1.807) is 18.2 Å². The van der Waals surface area contributed by atoms with Gasteiger partial charge in [-0.25, -0.2) is 0 Å². The molecule has 2 aromatic carbocycles. The van der Waals surface area contributed by atoms with E-state index < -0.39 is 39.1 Å². The van der Waals surface area contributed by atoms with E-state index in [1.807, 2.05) is 20.8 Å². The molecule has 1 saturated heterocycles. The van der Waals surface area contributed by atoms with Crippen LogP contribution in [0.5, 0.6) is 5.75 Å². The van der Waals surface area contributed by atoms with Gasteiger partial charge < -0.3 is 14.2 Å². The molecule has 1 amide bonds. The van der Waals surface area contributed by atoms with Gasteiger partial charge in [-0.05, 0) is 43.7 Å². The van der Waals surface area contributed by atoms with E-state index >= 15 is 0 Å². The second-order valence-electron chi connectivity index (χ2n) is 8.92. The van der Waals surface area contributed by atoms with E-state index in [2.05, 4.69) is 4.18 Å². The number of hydrogen-bond donors (Lipinski definition) is 1. The molecule has 1 aliphatic heterocycles. The number of likely N-dealkylation sites (tertiary alicyclic amines) is 1. The van der Waals surface area contributed by atoms with Crippen LogP contribution in [0.4, 0.5) is 13.2 Å². The van der Waals surface area contributed by atoms with Gasteiger partial charge in [0.05, 0.1) is 0 Å². The maximum Gasteiger partial charge on any atom is 0.534 e. The van der Waals surface area contributed by atoms with Crippen molar-refractivity contribution < 1.29 is 35.7 Å². The zero-order valence-corrected chi connectivity index (χ0v) is 19.2. The molecule has 0 bridgehead atoms. The van der Waals surface area contributed by atoms with Gasteiger partial charge in [0.25, 0.3) is 0 Å². The summed E-state index contributed by atoms with van der Waals surface area (Å²) in [4.78, 5) is 14.7. The number of carbonyl (C=O) groups excluding carboxylic acids is 1. The quantitative estimate of drug-likeness (QED) is 0.515. The molecular weight excluding hydrogens is 447 g/mol. The van der Waals surface area contributed by atoms with Gasteiger partial charge in [-0.15, -0.1) is 0 Å². The summed E-state index contributed by atoms with van der Waals surface area (Å²) >= 11 is 0. The van der Waals surface area contributed by atoms with Crippen LogP contribution in [0.1, 0.15) is 46.1 Å². The van der Waals surface area contributed by atoms with Crippen molar-refractivity contribution >= 4 is 26.8 Å². The van der Waals surface area contributed by atoms with Crippen molar-refractivity contribution in [2.45, 2.75) is 57.8 Å². The summed E-state index contributed by atoms with van der Waals surface area (Å²) in [6, 6.07) is 8.63. The van der Waals surface area contributed by atoms with Crippen LogP contribution in [0.25, 0.3) is 10.8 Å². The average Bonchev–Trinajstić information content (AvgIpc) is 2.91. The Morgan fingerprint density at radius 3 is 2.12 bits per heavy atom. The summed E-state index contributed by atoms with van der Waals surface area (Å²) in [6.07, 6.45) is 0. The molecule has 0 aliphatic carbocycles. The molecule has 0 aromatic heterocycles. The Morgan fingerprint density at radius 1 is 1.06 bits per heavy atom. The molecule has 10 heteroatoms. The zero-order valence-electron chi connectivity index (χ0n) is 18.3. The van der Waals surface area contributed by atoms with Crippen molar-refractivity contribution in [2.24, 2.45) is 11.8 Å². The molecule has 6 nitrogen and oxygen atoms in total. The fourth-order valence-corrected chi connectivity index (χ4v) is 5.20. The normalized spacial score (nSPS) is 22.8. The number of halogens is 3. The second kappa shape index (κ2) is 7.91. The Bertz CT molecular complexity index is 1140. The Labute approximate surface area is 185 Å². The summed E-state index contributed by atoms with van der Waals surface area (Å²) in [6.45, 7) is 8.66. The number of nitrogens with zero attached hydrogens (tertiary/aromatic N) is 1. The maximum atomic E-state index is 13.2. The van der Waals surface area contributed by atoms with Crippen LogP contribution in [-0.2, 0) is 14.9 Å². The third kappa shape index (κ3) is 4.05. The fourth-order valence-electron chi connectivity index (χ4n) is 4.72. The summed E-state index contributed by atoms with van der Waals surface area (Å²) in [7, 11) is -5.84. The lowest BCUT2D eigenvalue weighted by Crippen LogP contribution is -2.49. The number of rotatable bonds is 5. The Morgan fingerprint density at radius 2 is 1.62 bits per heavy atom. The van der Waals surface area contributed by atoms with Crippen LogP contribution < -0.4 is 4.18 Å². The monoisotopic (exact) mass is 473 g/mol. The summed E-state index contributed by atoms with van der Waals surface area (Å²) in [5.74, 6) is -1.60. The zero-order chi connectivity index (χ0) is 24.2. The molecule has 0 saturated carbocycles. The molecule has 1 N–H and O–H groups in total. The molecule has 3 unspecified atom stereocenters. The molecule has 1 fully saturated rings. The minimum absolute atomic E-state index is 0.0809. The smallest absolute Gasteiger partial charge is 0.375 e. The van der Waals surface area contributed by atoms with Crippen molar-refractivity contribution in [1.29, 1.82) is 0 Å². The maximum absolute atomic E-state index is 13.2. The van der Waals surface area contributed by atoms with Crippen molar-refractivity contribution in [3.8, 4) is 5.75 Å². The van der Waals surface area contributed by atoms with Crippen molar-refractivity contribution in [3.05, 3.63) is 42.0 Å². The predicted molar refractivity (Wildman–Crippen MR) is 113 cm³/mol. The van der Waals surface area contributed by atoms with Gasteiger partial charge in [0, 0.05) is 23.3 Å². The van der Waals surface area contributed by atoms with Crippen molar-refractivity contribution in [1.82, 2.24) is 4.90 Å². The minimum atomic E-state index is -5.84. The second-order valence-corrected chi connectivity index (χ2v) is 10.5. The van der Waals surface area contributed by atoms with Gasteiger partial charge >= 0.3 is 15.6 Å². The number of hydrogen-bond acceptors (Lipinski definition) is 5. The molecule has 176 valence electrons. The summed E-state index contributed by atoms with van der Waals surface area (Å²) in [5.41, 5.74) is -6.30. The molecular formula is C22H26F3NO5S. The largest absolute Gasteiger partial charge is 0.534 e. The van der Waals surface area contributed by atoms with Gasteiger partial charge in [-0.1, -0.05) is 44.2 Å². The van der Waals surface area contributed by atoms with Gasteiger partial charge in [0.15, 0.2) is 5.75 Å². The van der Waals surface area contributed by atoms with Crippen molar-refractivity contribution in [2.75, 3.05) is 0 Å². The van der Waals surface area contributed by atoms with Crippen LogP contribution in [0.2, 0.25) is 0 Å². The highest BCUT2D eigenvalue weighted by molar-refractivity contribution is 7.88. The molecule has 1 heterocycles. The van der Waals surface area contributed by atoms with E-state index in [-0.39, 0.29) is 23.1 Å². The number of carbonyl (C=O) groups is 1. The van der Waals surface area contributed by atoms with Crippen molar-refractivity contribution in [3.63, 3.8) is 0 Å². The lowest BCUT2D eigenvalue weighted by molar-refractivity contribution is -0.154. The third-order valence-electron chi connectivity index (χ3n) is 5.90. The van der Waals surface area contributed by atoms with E-state index in [1.165, 1.54) is 36.9 Å². The Balaban J connectivity index is 2.19. The molecule has 0 radical (unpaired) electrons. The van der Waals surface area contributed by atoms with Crippen LogP contribution in [-0.4, -0.2) is 41.6 Å². The first-order valence-electron chi connectivity index (χ1n) is 10.2. The number of alkyl halides is 3. The predicted octanol–water partition coefficient (Wildman–Crippen LogP) is 4.38. The van der Waals surface area contributed by atoms with Gasteiger partial charge in [-0.3, -0.25) is 4.79 Å². The van der Waals surface area contributed by atoms with Gasteiger partial charge in [-0.2, -0.15) is 21.6 Å². The molecule has 0 spiro atoms. The number of fused-ring (bicyclic) bond motifs is 1. The Hall–Kier alpha value is -2.33. The lowest BCUT2D eigenvalue weighted by atomic mass is 9.77. The first-order chi connectivity index (χ1) is 14.6. The number of amides is 1.